The molecule has 2 unspecified atom stereocenters. The highest BCUT2D eigenvalue weighted by atomic mass is 35.5. The maximum absolute atomic E-state index is 13.3. The first-order valence-electron chi connectivity index (χ1n) is 5.92. The second-order valence-corrected chi connectivity index (χ2v) is 6.06. The van der Waals surface area contributed by atoms with Crippen LogP contribution in [0.5, 0.6) is 5.75 Å². The molecule has 6 heteroatoms. The van der Waals surface area contributed by atoms with Crippen molar-refractivity contribution in [1.29, 1.82) is 0 Å². The van der Waals surface area contributed by atoms with E-state index in [4.69, 9.17) is 16.3 Å². The van der Waals surface area contributed by atoms with Gasteiger partial charge in [0.1, 0.15) is 20.9 Å². The minimum Gasteiger partial charge on any atom is -0.483 e. The van der Waals surface area contributed by atoms with Crippen molar-refractivity contribution in [2.75, 3.05) is 7.05 Å². The maximum atomic E-state index is 13.3. The first kappa shape index (κ1) is 12.8. The molecule has 2 aromatic rings. The number of fused-ring (bicyclic) bond motifs is 1. The number of nitrogens with one attached hydrogen (secondary N) is 1. The third-order valence-electron chi connectivity index (χ3n) is 3.19. The average molecular weight is 299 g/mol. The smallest absolute Gasteiger partial charge is 0.152 e. The number of nitrogens with zero attached hydrogens (tertiary/aromatic N) is 1. The van der Waals surface area contributed by atoms with Crippen LogP contribution in [0.1, 0.15) is 29.1 Å². The minimum atomic E-state index is -0.252. The summed E-state index contributed by atoms with van der Waals surface area (Å²) < 4.78 is 19.9. The van der Waals surface area contributed by atoms with Crippen LogP contribution in [-0.4, -0.2) is 12.0 Å². The number of ether oxygens (including phenoxy) is 1. The van der Waals surface area contributed by atoms with E-state index >= 15 is 0 Å². The van der Waals surface area contributed by atoms with Crippen LogP contribution in [0.15, 0.2) is 24.4 Å². The second-order valence-electron chi connectivity index (χ2n) is 4.37. The molecule has 100 valence electrons. The molecule has 1 aromatic heterocycles. The van der Waals surface area contributed by atoms with Crippen molar-refractivity contribution in [1.82, 2.24) is 10.3 Å². The van der Waals surface area contributed by atoms with E-state index in [9.17, 15) is 4.39 Å². The molecule has 0 radical (unpaired) electrons. The van der Waals surface area contributed by atoms with Crippen molar-refractivity contribution in [3.05, 3.63) is 45.1 Å². The van der Waals surface area contributed by atoms with Crippen LogP contribution in [0, 0.1) is 5.82 Å². The van der Waals surface area contributed by atoms with Crippen LogP contribution in [0.2, 0.25) is 4.34 Å². The van der Waals surface area contributed by atoms with Gasteiger partial charge in [0, 0.05) is 18.0 Å². The van der Waals surface area contributed by atoms with Gasteiger partial charge in [-0.3, -0.25) is 0 Å². The van der Waals surface area contributed by atoms with Crippen LogP contribution in [0.4, 0.5) is 4.39 Å². The van der Waals surface area contributed by atoms with Crippen LogP contribution in [-0.2, 0) is 0 Å². The average Bonchev–Trinajstić information content (AvgIpc) is 2.84. The lowest BCUT2D eigenvalue weighted by Crippen LogP contribution is -2.26. The van der Waals surface area contributed by atoms with Gasteiger partial charge in [-0.25, -0.2) is 9.37 Å². The molecule has 0 spiro atoms. The Labute approximate surface area is 119 Å². The lowest BCUT2D eigenvalue weighted by Gasteiger charge is -2.31. The summed E-state index contributed by atoms with van der Waals surface area (Å²) in [4.78, 5) is 4.26. The van der Waals surface area contributed by atoms with Gasteiger partial charge in [-0.2, -0.15) is 0 Å². The van der Waals surface area contributed by atoms with Crippen LogP contribution in [0.25, 0.3) is 0 Å². The van der Waals surface area contributed by atoms with E-state index < -0.39 is 0 Å². The molecule has 2 heterocycles. The first-order valence-corrected chi connectivity index (χ1v) is 7.11. The molecule has 0 saturated carbocycles. The molecule has 0 aliphatic carbocycles. The van der Waals surface area contributed by atoms with Crippen LogP contribution < -0.4 is 10.1 Å². The molecule has 0 saturated heterocycles. The van der Waals surface area contributed by atoms with Gasteiger partial charge in [0.05, 0.1) is 6.20 Å². The van der Waals surface area contributed by atoms with Gasteiger partial charge >= 0.3 is 0 Å². The third kappa shape index (κ3) is 2.45. The molecule has 1 aliphatic rings. The van der Waals surface area contributed by atoms with Crippen molar-refractivity contribution < 1.29 is 9.13 Å². The lowest BCUT2D eigenvalue weighted by atomic mass is 9.96. The number of rotatable bonds is 2. The Morgan fingerprint density at radius 1 is 1.53 bits per heavy atom. The Morgan fingerprint density at radius 3 is 3.05 bits per heavy atom. The highest BCUT2D eigenvalue weighted by Crippen LogP contribution is 2.42. The first-order chi connectivity index (χ1) is 9.17. The summed E-state index contributed by atoms with van der Waals surface area (Å²) in [6.45, 7) is 0. The van der Waals surface area contributed by atoms with Gasteiger partial charge < -0.3 is 10.1 Å². The topological polar surface area (TPSA) is 34.2 Å². The molecule has 3 rings (SSSR count). The Kier molecular flexibility index (Phi) is 3.43. The van der Waals surface area contributed by atoms with Gasteiger partial charge in [0.15, 0.2) is 6.10 Å². The zero-order valence-corrected chi connectivity index (χ0v) is 11.8. The Balaban J connectivity index is 1.95. The highest BCUT2D eigenvalue weighted by molar-refractivity contribution is 7.15. The van der Waals surface area contributed by atoms with Gasteiger partial charge in [-0.1, -0.05) is 11.6 Å². The molecule has 0 amide bonds. The largest absolute Gasteiger partial charge is 0.483 e. The fourth-order valence-corrected chi connectivity index (χ4v) is 3.25. The molecule has 19 heavy (non-hydrogen) atoms. The molecular formula is C13H12ClFN2OS. The quantitative estimate of drug-likeness (QED) is 0.917. The molecule has 1 aliphatic heterocycles. The normalized spacial score (nSPS) is 21.8. The fourth-order valence-electron chi connectivity index (χ4n) is 2.28. The zero-order chi connectivity index (χ0) is 13.4. The maximum Gasteiger partial charge on any atom is 0.152 e. The molecular weight excluding hydrogens is 287 g/mol. The Morgan fingerprint density at radius 2 is 2.37 bits per heavy atom. The predicted octanol–water partition coefficient (Wildman–Crippen LogP) is 3.72. The van der Waals surface area contributed by atoms with Crippen LogP contribution >= 0.6 is 22.9 Å². The van der Waals surface area contributed by atoms with Gasteiger partial charge in [-0.15, -0.1) is 11.3 Å². The van der Waals surface area contributed by atoms with E-state index in [0.717, 1.165) is 10.6 Å². The number of benzene rings is 1. The van der Waals surface area contributed by atoms with E-state index in [1.54, 1.807) is 12.3 Å². The summed E-state index contributed by atoms with van der Waals surface area (Å²) in [5.74, 6) is 0.446. The van der Waals surface area contributed by atoms with Crippen LogP contribution in [0.3, 0.4) is 0 Å². The van der Waals surface area contributed by atoms with E-state index in [1.165, 1.54) is 23.5 Å². The van der Waals surface area contributed by atoms with E-state index in [2.05, 4.69) is 10.3 Å². The molecule has 1 aromatic carbocycles. The summed E-state index contributed by atoms with van der Waals surface area (Å²) in [6.07, 6.45) is 2.18. The number of halogens is 2. The van der Waals surface area contributed by atoms with Crippen molar-refractivity contribution in [2.45, 2.75) is 18.6 Å². The SMILES string of the molecule is CNC1CC(c2ncc(Cl)s2)Oc2ccc(F)cc21. The number of thiazole rings is 1. The van der Waals surface area contributed by atoms with Crippen molar-refractivity contribution in [2.24, 2.45) is 0 Å². The minimum absolute atomic E-state index is 0.0483. The van der Waals surface area contributed by atoms with E-state index in [1.807, 2.05) is 7.05 Å². The van der Waals surface area contributed by atoms with Gasteiger partial charge in [0.2, 0.25) is 0 Å². The Bertz CT molecular complexity index is 604. The lowest BCUT2D eigenvalue weighted by molar-refractivity contribution is 0.153. The van der Waals surface area contributed by atoms with Crippen molar-refractivity contribution in [3.63, 3.8) is 0 Å². The number of aromatic nitrogens is 1. The zero-order valence-electron chi connectivity index (χ0n) is 10.2. The molecule has 0 bridgehead atoms. The van der Waals surface area contributed by atoms with Crippen molar-refractivity contribution >= 4 is 22.9 Å². The summed E-state index contributed by atoms with van der Waals surface area (Å²) in [5.41, 5.74) is 0.849. The molecule has 2 atom stereocenters. The van der Waals surface area contributed by atoms with Crippen molar-refractivity contribution in [3.8, 4) is 5.75 Å². The molecule has 1 N–H and O–H groups in total. The third-order valence-corrected chi connectivity index (χ3v) is 4.39. The van der Waals surface area contributed by atoms with Gasteiger partial charge in [0.25, 0.3) is 0 Å². The summed E-state index contributed by atoms with van der Waals surface area (Å²) in [7, 11) is 1.86. The molecule has 3 nitrogen and oxygen atoms in total. The van der Waals surface area contributed by atoms with E-state index in [-0.39, 0.29) is 18.0 Å². The highest BCUT2D eigenvalue weighted by Gasteiger charge is 2.30. The Hall–Kier alpha value is -1.17. The fraction of sp³-hybridized carbons (Fsp3) is 0.308. The standard InChI is InChI=1S/C13H12ClFN2OS/c1-16-9-5-11(13-17-6-12(14)19-13)18-10-3-2-7(15)4-8(9)10/h2-4,6,9,11,16H,5H2,1H3. The summed E-state index contributed by atoms with van der Waals surface area (Å²) in [6, 6.07) is 4.63. The summed E-state index contributed by atoms with van der Waals surface area (Å²) >= 11 is 7.32. The second kappa shape index (κ2) is 5.07. The van der Waals surface area contributed by atoms with E-state index in [0.29, 0.717) is 16.5 Å². The number of hydrogen-bond donors (Lipinski definition) is 1. The summed E-state index contributed by atoms with van der Waals surface area (Å²) in [5, 5.41) is 4.04. The molecule has 0 fully saturated rings. The number of hydrogen-bond acceptors (Lipinski definition) is 4. The monoisotopic (exact) mass is 298 g/mol. The van der Waals surface area contributed by atoms with Gasteiger partial charge in [-0.05, 0) is 25.2 Å². The predicted molar refractivity (Wildman–Crippen MR) is 73.3 cm³/mol.